The lowest BCUT2D eigenvalue weighted by atomic mass is 10.2. The standard InChI is InChI=1S/C20H23BrN2O3.C2H2O4/c1-25-18-6-8-19(9-7-18)26-15-20(24)23-12-10-22(11-13-23)14-16-2-4-17(21)5-3-16;3-1(4)2(5)6/h2-9H,10-15H2,1H3;(H,3,4)(H,5,6). The van der Waals surface area contributed by atoms with Crippen molar-refractivity contribution < 1.29 is 34.1 Å². The summed E-state index contributed by atoms with van der Waals surface area (Å²) in [6.45, 7) is 4.22. The van der Waals surface area contributed by atoms with Gasteiger partial charge in [-0.25, -0.2) is 9.59 Å². The van der Waals surface area contributed by atoms with E-state index in [2.05, 4.69) is 45.1 Å². The molecule has 1 aliphatic rings. The Kier molecular flexibility index (Phi) is 9.96. The summed E-state index contributed by atoms with van der Waals surface area (Å²) in [7, 11) is 1.62. The van der Waals surface area contributed by atoms with E-state index in [1.165, 1.54) is 5.56 Å². The normalized spacial score (nSPS) is 13.5. The molecule has 0 spiro atoms. The van der Waals surface area contributed by atoms with E-state index in [1.54, 1.807) is 7.11 Å². The first-order valence-electron chi connectivity index (χ1n) is 9.76. The maximum absolute atomic E-state index is 12.3. The first-order valence-corrected chi connectivity index (χ1v) is 10.6. The van der Waals surface area contributed by atoms with E-state index in [1.807, 2.05) is 29.2 Å². The zero-order chi connectivity index (χ0) is 23.5. The van der Waals surface area contributed by atoms with E-state index in [0.717, 1.165) is 42.9 Å². The molecule has 0 aromatic heterocycles. The van der Waals surface area contributed by atoms with Crippen molar-refractivity contribution in [3.63, 3.8) is 0 Å². The minimum atomic E-state index is -1.82. The fourth-order valence-electron chi connectivity index (χ4n) is 2.91. The average Bonchev–Trinajstić information content (AvgIpc) is 2.80. The van der Waals surface area contributed by atoms with Crippen molar-refractivity contribution in [3.05, 3.63) is 58.6 Å². The number of rotatable bonds is 6. The van der Waals surface area contributed by atoms with Crippen LogP contribution in [0.25, 0.3) is 0 Å². The number of aliphatic carboxylic acids is 2. The van der Waals surface area contributed by atoms with E-state index in [0.29, 0.717) is 5.75 Å². The highest BCUT2D eigenvalue weighted by Gasteiger charge is 2.21. The molecule has 1 aliphatic heterocycles. The summed E-state index contributed by atoms with van der Waals surface area (Å²) < 4.78 is 11.8. The Morgan fingerprint density at radius 2 is 1.41 bits per heavy atom. The second-order valence-electron chi connectivity index (χ2n) is 6.86. The number of hydrogen-bond donors (Lipinski definition) is 2. The van der Waals surface area contributed by atoms with Crippen LogP contribution in [0.3, 0.4) is 0 Å². The molecule has 0 radical (unpaired) electrons. The Morgan fingerprint density at radius 1 is 0.875 bits per heavy atom. The number of carbonyl (C=O) groups excluding carboxylic acids is 1. The van der Waals surface area contributed by atoms with Crippen molar-refractivity contribution in [2.24, 2.45) is 0 Å². The van der Waals surface area contributed by atoms with Gasteiger partial charge in [0.2, 0.25) is 0 Å². The van der Waals surface area contributed by atoms with Crippen LogP contribution in [0.15, 0.2) is 53.0 Å². The predicted molar refractivity (Wildman–Crippen MR) is 120 cm³/mol. The molecule has 9 nitrogen and oxygen atoms in total. The van der Waals surface area contributed by atoms with Crippen LogP contribution in [-0.4, -0.2) is 77.8 Å². The molecule has 1 amide bonds. The van der Waals surface area contributed by atoms with Crippen LogP contribution in [0.2, 0.25) is 0 Å². The third-order valence-electron chi connectivity index (χ3n) is 4.65. The molecule has 0 aliphatic carbocycles. The van der Waals surface area contributed by atoms with E-state index in [4.69, 9.17) is 29.3 Å². The van der Waals surface area contributed by atoms with Gasteiger partial charge in [-0.3, -0.25) is 9.69 Å². The molecule has 1 heterocycles. The predicted octanol–water partition coefficient (Wildman–Crippen LogP) is 2.34. The number of carboxylic acids is 2. The minimum absolute atomic E-state index is 0.0316. The molecule has 0 saturated carbocycles. The Balaban J connectivity index is 0.000000534. The highest BCUT2D eigenvalue weighted by atomic mass is 79.9. The number of benzene rings is 2. The number of nitrogens with zero attached hydrogens (tertiary/aromatic N) is 2. The number of methoxy groups -OCH3 is 1. The molecule has 0 bridgehead atoms. The molecule has 10 heteroatoms. The lowest BCUT2D eigenvalue weighted by molar-refractivity contribution is -0.159. The molecule has 1 fully saturated rings. The fourth-order valence-corrected chi connectivity index (χ4v) is 3.18. The Labute approximate surface area is 194 Å². The Hall–Kier alpha value is -3.11. The zero-order valence-electron chi connectivity index (χ0n) is 17.6. The van der Waals surface area contributed by atoms with E-state index < -0.39 is 11.9 Å². The van der Waals surface area contributed by atoms with E-state index >= 15 is 0 Å². The summed E-state index contributed by atoms with van der Waals surface area (Å²) in [5.74, 6) is -2.17. The monoisotopic (exact) mass is 508 g/mol. The Morgan fingerprint density at radius 3 is 1.91 bits per heavy atom. The maximum atomic E-state index is 12.3. The average molecular weight is 509 g/mol. The maximum Gasteiger partial charge on any atom is 0.414 e. The number of carbonyl (C=O) groups is 3. The van der Waals surface area contributed by atoms with Crippen LogP contribution in [0, 0.1) is 0 Å². The van der Waals surface area contributed by atoms with Crippen LogP contribution in [0.4, 0.5) is 0 Å². The van der Waals surface area contributed by atoms with Crippen molar-refractivity contribution in [1.29, 1.82) is 0 Å². The molecule has 2 aromatic carbocycles. The molecule has 3 rings (SSSR count). The minimum Gasteiger partial charge on any atom is -0.497 e. The highest BCUT2D eigenvalue weighted by Crippen LogP contribution is 2.17. The van der Waals surface area contributed by atoms with Crippen LogP contribution < -0.4 is 9.47 Å². The number of ether oxygens (including phenoxy) is 2. The summed E-state index contributed by atoms with van der Waals surface area (Å²) in [5.41, 5.74) is 1.29. The van der Waals surface area contributed by atoms with Gasteiger partial charge in [-0.2, -0.15) is 0 Å². The SMILES string of the molecule is COc1ccc(OCC(=O)N2CCN(Cc3ccc(Br)cc3)CC2)cc1.O=C(O)C(=O)O. The largest absolute Gasteiger partial charge is 0.497 e. The summed E-state index contributed by atoms with van der Waals surface area (Å²) in [6.07, 6.45) is 0. The van der Waals surface area contributed by atoms with Gasteiger partial charge in [0.05, 0.1) is 7.11 Å². The molecule has 0 unspecified atom stereocenters. The third kappa shape index (κ3) is 8.56. The van der Waals surface area contributed by atoms with Crippen LogP contribution in [0.5, 0.6) is 11.5 Å². The lowest BCUT2D eigenvalue weighted by Gasteiger charge is -2.34. The summed E-state index contributed by atoms with van der Waals surface area (Å²) in [6, 6.07) is 15.6. The molecular formula is C22H25BrN2O7. The van der Waals surface area contributed by atoms with Crippen molar-refractivity contribution in [2.45, 2.75) is 6.54 Å². The molecule has 32 heavy (non-hydrogen) atoms. The van der Waals surface area contributed by atoms with E-state index in [-0.39, 0.29) is 12.5 Å². The van der Waals surface area contributed by atoms with Gasteiger partial charge in [0.15, 0.2) is 6.61 Å². The van der Waals surface area contributed by atoms with Gasteiger partial charge in [0.1, 0.15) is 11.5 Å². The fraction of sp³-hybridized carbons (Fsp3) is 0.318. The smallest absolute Gasteiger partial charge is 0.414 e. The number of amides is 1. The van der Waals surface area contributed by atoms with Gasteiger partial charge in [-0.05, 0) is 42.0 Å². The van der Waals surface area contributed by atoms with Gasteiger partial charge in [-0.15, -0.1) is 0 Å². The van der Waals surface area contributed by atoms with Crippen molar-refractivity contribution in [2.75, 3.05) is 39.9 Å². The van der Waals surface area contributed by atoms with Crippen LogP contribution >= 0.6 is 15.9 Å². The summed E-state index contributed by atoms with van der Waals surface area (Å²) in [4.78, 5) is 34.8. The quantitative estimate of drug-likeness (QED) is 0.571. The molecule has 2 N–H and O–H groups in total. The molecule has 0 atom stereocenters. The number of halogens is 1. The third-order valence-corrected chi connectivity index (χ3v) is 5.18. The van der Waals surface area contributed by atoms with Gasteiger partial charge < -0.3 is 24.6 Å². The van der Waals surface area contributed by atoms with Crippen molar-refractivity contribution in [1.82, 2.24) is 9.80 Å². The first kappa shape index (κ1) is 25.2. The van der Waals surface area contributed by atoms with Crippen molar-refractivity contribution in [3.8, 4) is 11.5 Å². The molecule has 172 valence electrons. The number of hydrogen-bond acceptors (Lipinski definition) is 6. The van der Waals surface area contributed by atoms with E-state index in [9.17, 15) is 4.79 Å². The molecular weight excluding hydrogens is 484 g/mol. The second-order valence-corrected chi connectivity index (χ2v) is 7.77. The number of carboxylic acid groups (broad SMARTS) is 2. The zero-order valence-corrected chi connectivity index (χ0v) is 19.2. The van der Waals surface area contributed by atoms with Crippen molar-refractivity contribution >= 4 is 33.8 Å². The lowest BCUT2D eigenvalue weighted by Crippen LogP contribution is -2.49. The summed E-state index contributed by atoms with van der Waals surface area (Å²) in [5, 5.41) is 14.8. The van der Waals surface area contributed by atoms with Gasteiger partial charge in [0.25, 0.3) is 5.91 Å². The summed E-state index contributed by atoms with van der Waals surface area (Å²) >= 11 is 3.46. The topological polar surface area (TPSA) is 117 Å². The van der Waals surface area contributed by atoms with Crippen LogP contribution in [-0.2, 0) is 20.9 Å². The van der Waals surface area contributed by atoms with Crippen LogP contribution in [0.1, 0.15) is 5.56 Å². The van der Waals surface area contributed by atoms with Gasteiger partial charge in [-0.1, -0.05) is 28.1 Å². The van der Waals surface area contributed by atoms with Gasteiger partial charge >= 0.3 is 11.9 Å². The Bertz CT molecular complexity index is 884. The van der Waals surface area contributed by atoms with Gasteiger partial charge in [0, 0.05) is 37.2 Å². The molecule has 1 saturated heterocycles. The first-order chi connectivity index (χ1) is 15.3. The number of piperazine rings is 1. The second kappa shape index (κ2) is 12.7. The highest BCUT2D eigenvalue weighted by molar-refractivity contribution is 9.10. The molecule has 2 aromatic rings.